The fraction of sp³-hybridized carbons (Fsp3) is 0.400. The number of rotatable bonds is 4. The summed E-state index contributed by atoms with van der Waals surface area (Å²) in [6.45, 7) is 6.01. The molecular weight excluding hydrogens is 486 g/mol. The van der Waals surface area contributed by atoms with E-state index in [-0.39, 0.29) is 33.9 Å². The number of nitrogens with zero attached hydrogens (tertiary/aromatic N) is 5. The normalized spacial score (nSPS) is 25.0. The number of morpholine rings is 1. The lowest BCUT2D eigenvalue weighted by Gasteiger charge is -2.33. The van der Waals surface area contributed by atoms with Crippen molar-refractivity contribution in [1.82, 2.24) is 14.9 Å². The minimum Gasteiger partial charge on any atom is -0.378 e. The number of thioether (sulfide) groups is 1. The number of benzene rings is 1. The van der Waals surface area contributed by atoms with Crippen molar-refractivity contribution < 1.29 is 18.3 Å². The Kier molecular flexibility index (Phi) is 7.66. The molecule has 3 atom stereocenters. The summed E-state index contributed by atoms with van der Waals surface area (Å²) in [5, 5.41) is 9.04. The number of carbonyl (C=O) groups excluding carboxylic acids is 1. The van der Waals surface area contributed by atoms with E-state index >= 15 is 0 Å². The van der Waals surface area contributed by atoms with Crippen LogP contribution < -0.4 is 5.73 Å². The predicted octanol–water partition coefficient (Wildman–Crippen LogP) is 3.70. The number of fused-ring (bicyclic) bond motifs is 1. The maximum atomic E-state index is 14.9. The number of nitrogens with two attached hydrogens (primary N) is 1. The molecule has 1 aromatic heterocycles. The van der Waals surface area contributed by atoms with Gasteiger partial charge in [-0.15, -0.1) is 0 Å². The van der Waals surface area contributed by atoms with E-state index in [1.165, 1.54) is 42.2 Å². The molecule has 1 aromatic carbocycles. The topological polar surface area (TPSA) is 117 Å². The first-order chi connectivity index (χ1) is 17.4. The zero-order valence-electron chi connectivity index (χ0n) is 19.9. The summed E-state index contributed by atoms with van der Waals surface area (Å²) in [7, 11) is 0. The van der Waals surface area contributed by atoms with Gasteiger partial charge in [0.25, 0.3) is 0 Å². The highest BCUT2D eigenvalue weighted by atomic mass is 32.2. The molecule has 36 heavy (non-hydrogen) atoms. The molecule has 11 heteroatoms. The molecule has 188 valence electrons. The monoisotopic (exact) mass is 512 g/mol. The number of nitriles is 1. The van der Waals surface area contributed by atoms with Gasteiger partial charge in [-0.05, 0) is 30.2 Å². The van der Waals surface area contributed by atoms with E-state index in [9.17, 15) is 13.6 Å². The van der Waals surface area contributed by atoms with Crippen LogP contribution in [0, 0.1) is 23.1 Å². The Labute approximate surface area is 212 Å². The van der Waals surface area contributed by atoms with E-state index in [0.29, 0.717) is 38.3 Å². The molecule has 3 aliphatic rings. The number of halogens is 2. The van der Waals surface area contributed by atoms with Crippen LogP contribution in [0.3, 0.4) is 0 Å². The quantitative estimate of drug-likeness (QED) is 0.664. The fourth-order valence-electron chi connectivity index (χ4n) is 4.41. The molecule has 0 bridgehead atoms. The Bertz CT molecular complexity index is 1240. The van der Waals surface area contributed by atoms with Crippen molar-refractivity contribution >= 4 is 34.7 Å². The van der Waals surface area contributed by atoms with Gasteiger partial charge in [0.1, 0.15) is 22.3 Å². The second-order valence-corrected chi connectivity index (χ2v) is 9.64. The number of carbonyl (C=O) groups is 1. The maximum absolute atomic E-state index is 14.9. The van der Waals surface area contributed by atoms with Gasteiger partial charge in [0.2, 0.25) is 5.91 Å². The number of aromatic nitrogens is 2. The summed E-state index contributed by atoms with van der Waals surface area (Å²) in [4.78, 5) is 27.2. The maximum Gasteiger partial charge on any atom is 0.239 e. The number of hydrogen-bond acceptors (Lipinski definition) is 8. The van der Waals surface area contributed by atoms with Crippen LogP contribution in [0.25, 0.3) is 11.9 Å². The van der Waals surface area contributed by atoms with Gasteiger partial charge in [-0.2, -0.15) is 5.26 Å². The lowest BCUT2D eigenvalue weighted by molar-refractivity contribution is -0.135. The first-order valence-corrected chi connectivity index (χ1v) is 12.5. The van der Waals surface area contributed by atoms with Gasteiger partial charge in [0, 0.05) is 24.6 Å². The largest absolute Gasteiger partial charge is 0.378 e. The summed E-state index contributed by atoms with van der Waals surface area (Å²) < 4.78 is 34.2. The van der Waals surface area contributed by atoms with E-state index in [0.717, 1.165) is 6.20 Å². The minimum atomic E-state index is -0.755. The van der Waals surface area contributed by atoms with Crippen LogP contribution in [0.1, 0.15) is 48.8 Å². The van der Waals surface area contributed by atoms with Gasteiger partial charge in [-0.3, -0.25) is 9.79 Å². The molecule has 1 aliphatic carbocycles. The molecule has 1 saturated heterocycles. The van der Waals surface area contributed by atoms with E-state index < -0.39 is 22.4 Å². The Hall–Kier alpha value is -3.36. The summed E-state index contributed by atoms with van der Waals surface area (Å²) in [5.74, 6) is -1.40. The standard InChI is InChI=1S/C23H20F2N6O2S.C2H6/c24-17-2-1-13(8-18(25)19-12-28-14(10-26)11-29-19)7-15(17)20-16-9-23(16,34-22(27)30-20)21(32)31-3-5-33-6-4-31;1-2/h1-2,7-8,11-12,16,20H,3-6,9H2,(H2,27,30);1-2H3/b18-8-;. The van der Waals surface area contributed by atoms with Crippen LogP contribution in [-0.4, -0.2) is 57.0 Å². The number of hydrogen-bond donors (Lipinski definition) is 1. The third kappa shape index (κ3) is 4.96. The molecule has 0 spiro atoms. The van der Waals surface area contributed by atoms with Crippen LogP contribution in [-0.2, 0) is 9.53 Å². The molecule has 2 fully saturated rings. The van der Waals surface area contributed by atoms with Gasteiger partial charge in [0.05, 0.1) is 31.6 Å². The zero-order valence-corrected chi connectivity index (χ0v) is 20.8. The van der Waals surface area contributed by atoms with E-state index in [1.807, 2.05) is 19.9 Å². The smallest absolute Gasteiger partial charge is 0.239 e. The number of ether oxygens (including phenoxy) is 1. The summed E-state index contributed by atoms with van der Waals surface area (Å²) in [5.41, 5.74) is 6.78. The molecule has 1 saturated carbocycles. The van der Waals surface area contributed by atoms with Crippen LogP contribution in [0.15, 0.2) is 35.6 Å². The average molecular weight is 513 g/mol. The Balaban J connectivity index is 0.00000148. The van der Waals surface area contributed by atoms with Gasteiger partial charge in [-0.25, -0.2) is 18.7 Å². The van der Waals surface area contributed by atoms with Crippen LogP contribution >= 0.6 is 11.8 Å². The zero-order chi connectivity index (χ0) is 25.9. The molecule has 2 aliphatic heterocycles. The van der Waals surface area contributed by atoms with Crippen molar-refractivity contribution in [3.8, 4) is 6.07 Å². The molecule has 8 nitrogen and oxygen atoms in total. The molecule has 2 N–H and O–H groups in total. The van der Waals surface area contributed by atoms with Gasteiger partial charge < -0.3 is 15.4 Å². The highest BCUT2D eigenvalue weighted by Gasteiger charge is 2.67. The lowest BCUT2D eigenvalue weighted by Crippen LogP contribution is -2.48. The van der Waals surface area contributed by atoms with Gasteiger partial charge in [-0.1, -0.05) is 31.7 Å². The van der Waals surface area contributed by atoms with Crippen molar-refractivity contribution in [2.24, 2.45) is 16.6 Å². The minimum absolute atomic E-state index is 0.0180. The molecule has 5 rings (SSSR count). The van der Waals surface area contributed by atoms with Crippen molar-refractivity contribution in [1.29, 1.82) is 5.26 Å². The molecular formula is C25H26F2N6O2S. The molecule has 3 heterocycles. The summed E-state index contributed by atoms with van der Waals surface area (Å²) >= 11 is 1.25. The number of aliphatic imine (C=N–C) groups is 1. The molecule has 0 radical (unpaired) electrons. The van der Waals surface area contributed by atoms with Gasteiger partial charge >= 0.3 is 0 Å². The third-order valence-electron chi connectivity index (χ3n) is 6.20. The fourth-order valence-corrected chi connectivity index (χ4v) is 5.71. The highest BCUT2D eigenvalue weighted by molar-refractivity contribution is 8.15. The summed E-state index contributed by atoms with van der Waals surface area (Å²) in [6.07, 6.45) is 4.09. The van der Waals surface area contributed by atoms with Gasteiger partial charge in [0.15, 0.2) is 16.7 Å². The average Bonchev–Trinajstić information content (AvgIpc) is 3.66. The van der Waals surface area contributed by atoms with Crippen molar-refractivity contribution in [3.05, 3.63) is 58.9 Å². The molecule has 3 unspecified atom stereocenters. The first kappa shape index (κ1) is 25.7. The highest BCUT2D eigenvalue weighted by Crippen LogP contribution is 2.64. The van der Waals surface area contributed by atoms with Crippen LogP contribution in [0.4, 0.5) is 8.78 Å². The SMILES string of the molecule is CC.N#Cc1cnc(/C(F)=C/c2ccc(F)c(C3N=C(N)SC4(C(=O)N5CCOCC5)CC34)c2)cn1. The van der Waals surface area contributed by atoms with Crippen LogP contribution in [0.5, 0.6) is 0 Å². The summed E-state index contributed by atoms with van der Waals surface area (Å²) in [6, 6.07) is 5.39. The Morgan fingerprint density at radius 2 is 2.06 bits per heavy atom. The number of amides is 1. The number of amidine groups is 1. The van der Waals surface area contributed by atoms with E-state index in [2.05, 4.69) is 15.0 Å². The van der Waals surface area contributed by atoms with Crippen molar-refractivity contribution in [3.63, 3.8) is 0 Å². The second kappa shape index (κ2) is 10.7. The van der Waals surface area contributed by atoms with Crippen molar-refractivity contribution in [2.75, 3.05) is 26.3 Å². The van der Waals surface area contributed by atoms with Crippen LogP contribution in [0.2, 0.25) is 0 Å². The first-order valence-electron chi connectivity index (χ1n) is 11.7. The lowest BCUT2D eigenvalue weighted by atomic mass is 9.97. The predicted molar refractivity (Wildman–Crippen MR) is 134 cm³/mol. The third-order valence-corrected chi connectivity index (χ3v) is 7.52. The van der Waals surface area contributed by atoms with Crippen molar-refractivity contribution in [2.45, 2.75) is 31.1 Å². The molecule has 2 aromatic rings. The molecule has 1 amide bonds. The Morgan fingerprint density at radius 1 is 1.31 bits per heavy atom. The Morgan fingerprint density at radius 3 is 2.72 bits per heavy atom. The van der Waals surface area contributed by atoms with E-state index in [4.69, 9.17) is 15.7 Å². The van der Waals surface area contributed by atoms with E-state index in [1.54, 1.807) is 4.90 Å². The second-order valence-electron chi connectivity index (χ2n) is 8.29.